The summed E-state index contributed by atoms with van der Waals surface area (Å²) in [4.78, 5) is 21.4. The van der Waals surface area contributed by atoms with Crippen LogP contribution < -0.4 is 0 Å². The highest BCUT2D eigenvalue weighted by atomic mass is 32.1. The topological polar surface area (TPSA) is 72.1 Å². The van der Waals surface area contributed by atoms with Crippen molar-refractivity contribution in [3.8, 4) is 10.8 Å². The van der Waals surface area contributed by atoms with Crippen molar-refractivity contribution < 1.29 is 9.21 Å². The van der Waals surface area contributed by atoms with Gasteiger partial charge in [-0.25, -0.2) is 4.98 Å². The fourth-order valence-electron chi connectivity index (χ4n) is 3.28. The highest BCUT2D eigenvalue weighted by Gasteiger charge is 2.33. The molecule has 0 saturated carbocycles. The maximum atomic E-state index is 13.1. The zero-order chi connectivity index (χ0) is 18.3. The van der Waals surface area contributed by atoms with Gasteiger partial charge in [0.2, 0.25) is 5.89 Å². The van der Waals surface area contributed by atoms with Crippen LogP contribution in [0.25, 0.3) is 10.8 Å². The van der Waals surface area contributed by atoms with E-state index >= 15 is 0 Å². The number of hydrogen-bond donors (Lipinski definition) is 0. The van der Waals surface area contributed by atoms with Gasteiger partial charge < -0.3 is 9.32 Å². The zero-order valence-corrected chi connectivity index (χ0v) is 16.6. The molecule has 1 amide bonds. The molecule has 0 spiro atoms. The molecule has 8 heteroatoms. The van der Waals surface area contributed by atoms with Crippen LogP contribution in [0.2, 0.25) is 0 Å². The number of carbonyl (C=O) groups is 1. The first kappa shape index (κ1) is 17.4. The third-order valence-corrected chi connectivity index (χ3v) is 6.88. The number of likely N-dealkylation sites (tertiary alicyclic amines) is 1. The summed E-state index contributed by atoms with van der Waals surface area (Å²) in [5.41, 5.74) is 4.51. The van der Waals surface area contributed by atoms with Crippen molar-refractivity contribution in [2.75, 3.05) is 6.54 Å². The lowest BCUT2D eigenvalue weighted by Gasteiger charge is -2.33. The fourth-order valence-corrected chi connectivity index (χ4v) is 4.86. The van der Waals surface area contributed by atoms with Crippen LogP contribution in [0.1, 0.15) is 57.7 Å². The van der Waals surface area contributed by atoms with E-state index in [0.717, 1.165) is 47.5 Å². The van der Waals surface area contributed by atoms with Crippen LogP contribution in [0, 0.1) is 20.8 Å². The molecule has 1 fully saturated rings. The Morgan fingerprint density at radius 3 is 2.77 bits per heavy atom. The number of aryl methyl sites for hydroxylation is 2. The van der Waals surface area contributed by atoms with E-state index < -0.39 is 0 Å². The van der Waals surface area contributed by atoms with E-state index in [9.17, 15) is 4.79 Å². The molecule has 0 bridgehead atoms. The Kier molecular flexibility index (Phi) is 4.62. The van der Waals surface area contributed by atoms with Crippen LogP contribution >= 0.6 is 22.7 Å². The number of hydrogen-bond acceptors (Lipinski definition) is 7. The monoisotopic (exact) mass is 388 g/mol. The first-order valence-corrected chi connectivity index (χ1v) is 10.4. The van der Waals surface area contributed by atoms with Crippen LogP contribution in [-0.2, 0) is 0 Å². The Balaban J connectivity index is 1.64. The minimum Gasteiger partial charge on any atom is -0.418 e. The molecule has 0 radical (unpaired) electrons. The van der Waals surface area contributed by atoms with Crippen molar-refractivity contribution in [3.05, 3.63) is 38.5 Å². The average Bonchev–Trinajstić information content (AvgIpc) is 3.36. The van der Waals surface area contributed by atoms with Gasteiger partial charge in [-0.1, -0.05) is 0 Å². The molecule has 3 aromatic rings. The second kappa shape index (κ2) is 6.92. The zero-order valence-electron chi connectivity index (χ0n) is 15.0. The number of thiophene rings is 1. The lowest BCUT2D eigenvalue weighted by molar-refractivity contribution is 0.0572. The molecule has 6 nitrogen and oxygen atoms in total. The van der Waals surface area contributed by atoms with Gasteiger partial charge in [0.1, 0.15) is 10.9 Å². The van der Waals surface area contributed by atoms with E-state index in [1.807, 2.05) is 31.1 Å². The quantitative estimate of drug-likeness (QED) is 0.658. The number of carbonyl (C=O) groups excluding carboxylic acids is 1. The molecule has 4 heterocycles. The summed E-state index contributed by atoms with van der Waals surface area (Å²) >= 11 is 3.10. The Labute approximate surface area is 159 Å². The number of nitrogens with zero attached hydrogens (tertiary/aromatic N) is 4. The van der Waals surface area contributed by atoms with Crippen molar-refractivity contribution in [3.63, 3.8) is 0 Å². The van der Waals surface area contributed by atoms with Gasteiger partial charge in [0.15, 0.2) is 0 Å². The summed E-state index contributed by atoms with van der Waals surface area (Å²) < 4.78 is 5.96. The van der Waals surface area contributed by atoms with E-state index in [1.165, 1.54) is 16.2 Å². The minimum atomic E-state index is -0.162. The molecule has 1 aliphatic rings. The number of thiazole rings is 1. The summed E-state index contributed by atoms with van der Waals surface area (Å²) in [5.74, 6) is 1.07. The maximum absolute atomic E-state index is 13.1. The highest BCUT2D eigenvalue weighted by Crippen LogP contribution is 2.35. The third kappa shape index (κ3) is 2.97. The predicted molar refractivity (Wildman–Crippen MR) is 102 cm³/mol. The molecular weight excluding hydrogens is 368 g/mol. The van der Waals surface area contributed by atoms with Crippen molar-refractivity contribution in [2.24, 2.45) is 0 Å². The number of piperidine rings is 1. The molecule has 26 heavy (non-hydrogen) atoms. The Morgan fingerprint density at radius 1 is 1.23 bits per heavy atom. The van der Waals surface area contributed by atoms with Crippen LogP contribution in [0.3, 0.4) is 0 Å². The smallest absolute Gasteiger partial charge is 0.259 e. The third-order valence-electron chi connectivity index (χ3n) is 4.95. The summed E-state index contributed by atoms with van der Waals surface area (Å²) in [6.07, 6.45) is 2.89. The molecule has 0 aromatic carbocycles. The van der Waals surface area contributed by atoms with E-state index in [1.54, 1.807) is 16.8 Å². The fraction of sp³-hybridized carbons (Fsp3) is 0.444. The first-order valence-electron chi connectivity index (χ1n) is 8.65. The molecule has 0 aliphatic carbocycles. The van der Waals surface area contributed by atoms with Gasteiger partial charge in [0, 0.05) is 16.8 Å². The number of aromatic nitrogens is 3. The molecular formula is C18H20N4O2S2. The SMILES string of the molecule is Cc1ncsc1-c1nnc([C@@H]2CCCCN2C(=O)c2csc(C)c2C)o1. The second-order valence-electron chi connectivity index (χ2n) is 6.55. The van der Waals surface area contributed by atoms with Gasteiger partial charge in [0.05, 0.1) is 16.8 Å². The standard InChI is InChI=1S/C18H20N4O2S2/c1-10-12(3)25-8-13(10)18(23)22-7-5-4-6-14(22)16-20-21-17(24-16)15-11(2)19-9-26-15/h8-9,14H,4-7H2,1-3H3/t14-/m0/s1. The molecule has 4 rings (SSSR count). The van der Waals surface area contributed by atoms with E-state index in [4.69, 9.17) is 4.42 Å². The van der Waals surface area contributed by atoms with Crippen LogP contribution in [0.15, 0.2) is 15.3 Å². The summed E-state index contributed by atoms with van der Waals surface area (Å²) in [5, 5.41) is 10.4. The van der Waals surface area contributed by atoms with Gasteiger partial charge >= 0.3 is 0 Å². The Morgan fingerprint density at radius 2 is 2.08 bits per heavy atom. The normalized spacial score (nSPS) is 17.7. The molecule has 3 aromatic heterocycles. The van der Waals surface area contributed by atoms with Crippen molar-refractivity contribution in [1.82, 2.24) is 20.1 Å². The van der Waals surface area contributed by atoms with Crippen molar-refractivity contribution >= 4 is 28.6 Å². The largest absolute Gasteiger partial charge is 0.418 e. The highest BCUT2D eigenvalue weighted by molar-refractivity contribution is 7.13. The van der Waals surface area contributed by atoms with Crippen molar-refractivity contribution in [2.45, 2.75) is 46.1 Å². The van der Waals surface area contributed by atoms with Crippen molar-refractivity contribution in [1.29, 1.82) is 0 Å². The van der Waals surface area contributed by atoms with Gasteiger partial charge in [-0.2, -0.15) is 0 Å². The lowest BCUT2D eigenvalue weighted by atomic mass is 10.0. The minimum absolute atomic E-state index is 0.0604. The van der Waals surface area contributed by atoms with E-state index in [2.05, 4.69) is 15.2 Å². The van der Waals surface area contributed by atoms with Crippen LogP contribution in [0.4, 0.5) is 0 Å². The van der Waals surface area contributed by atoms with Gasteiger partial charge in [-0.05, 0) is 45.6 Å². The Hall–Kier alpha value is -2.06. The number of rotatable bonds is 3. The molecule has 0 N–H and O–H groups in total. The molecule has 0 unspecified atom stereocenters. The maximum Gasteiger partial charge on any atom is 0.259 e. The molecule has 1 aliphatic heterocycles. The first-order chi connectivity index (χ1) is 12.6. The van der Waals surface area contributed by atoms with E-state index in [0.29, 0.717) is 11.8 Å². The predicted octanol–water partition coefficient (Wildman–Crippen LogP) is 4.55. The number of amides is 1. The summed E-state index contributed by atoms with van der Waals surface area (Å²) in [6, 6.07) is -0.162. The second-order valence-corrected chi connectivity index (χ2v) is 8.49. The lowest BCUT2D eigenvalue weighted by Crippen LogP contribution is -2.38. The van der Waals surface area contributed by atoms with Crippen LogP contribution in [0.5, 0.6) is 0 Å². The molecule has 1 saturated heterocycles. The van der Waals surface area contributed by atoms with Gasteiger partial charge in [-0.15, -0.1) is 32.9 Å². The average molecular weight is 389 g/mol. The van der Waals surface area contributed by atoms with E-state index in [-0.39, 0.29) is 11.9 Å². The molecule has 1 atom stereocenters. The van der Waals surface area contributed by atoms with Gasteiger partial charge in [-0.3, -0.25) is 4.79 Å². The van der Waals surface area contributed by atoms with Gasteiger partial charge in [0.25, 0.3) is 11.8 Å². The molecule has 136 valence electrons. The Bertz CT molecular complexity index is 943. The summed E-state index contributed by atoms with van der Waals surface area (Å²) in [7, 11) is 0. The van der Waals surface area contributed by atoms with Crippen LogP contribution in [-0.4, -0.2) is 32.5 Å². The summed E-state index contributed by atoms with van der Waals surface area (Å²) in [6.45, 7) is 6.70.